The second-order valence-electron chi connectivity index (χ2n) is 2.51. The van der Waals surface area contributed by atoms with Crippen LogP contribution in [0.25, 0.3) is 0 Å². The van der Waals surface area contributed by atoms with Crippen LogP contribution in [0, 0.1) is 0 Å². The standard InChI is InChI=1S/C5H9F5O2S/c1-12-5(11)3-2-4-13(6,7,8,9)10/h2-4H2,1H3. The summed E-state index contributed by atoms with van der Waals surface area (Å²) in [6, 6.07) is 0. The minimum Gasteiger partial charge on any atom is -0.469 e. The van der Waals surface area contributed by atoms with Gasteiger partial charge in [-0.3, -0.25) is 4.79 Å². The van der Waals surface area contributed by atoms with E-state index >= 15 is 0 Å². The zero-order chi connectivity index (χ0) is 10.8. The second-order valence-corrected chi connectivity index (χ2v) is 5.18. The van der Waals surface area contributed by atoms with E-state index < -0.39 is 34.8 Å². The number of rotatable bonds is 4. The van der Waals surface area contributed by atoms with Crippen LogP contribution in [0.4, 0.5) is 19.4 Å². The highest BCUT2D eigenvalue weighted by atomic mass is 32.5. The monoisotopic (exact) mass is 228 g/mol. The number of ether oxygens (including phenoxy) is 1. The van der Waals surface area contributed by atoms with Crippen LogP contribution in [-0.2, 0) is 9.53 Å². The number of hydrogen-bond acceptors (Lipinski definition) is 2. The summed E-state index contributed by atoms with van der Waals surface area (Å²) in [5.41, 5.74) is 0. The van der Waals surface area contributed by atoms with Gasteiger partial charge in [-0.05, 0) is 6.42 Å². The molecule has 0 aromatic rings. The SMILES string of the molecule is COC(=O)CCCS(F)(F)(F)(F)F. The molecule has 0 aromatic heterocycles. The number of methoxy groups -OCH3 is 1. The molecule has 0 saturated carbocycles. The van der Waals surface area contributed by atoms with E-state index in [2.05, 4.69) is 4.74 Å². The smallest absolute Gasteiger partial charge is 0.305 e. The molecule has 2 nitrogen and oxygen atoms in total. The zero-order valence-electron chi connectivity index (χ0n) is 6.74. The molecule has 0 aliphatic heterocycles. The fourth-order valence-electron chi connectivity index (χ4n) is 0.591. The molecule has 0 heterocycles. The Balaban J connectivity index is 4.00. The van der Waals surface area contributed by atoms with E-state index in [0.717, 1.165) is 7.11 Å². The molecule has 0 aliphatic carbocycles. The van der Waals surface area contributed by atoms with Crippen LogP contribution in [-0.4, -0.2) is 18.8 Å². The normalized spacial score (nSPS) is 17.4. The van der Waals surface area contributed by atoms with Crippen LogP contribution in [0.2, 0.25) is 0 Å². The molecule has 0 fully saturated rings. The molecule has 0 saturated heterocycles. The number of halogens is 5. The van der Waals surface area contributed by atoms with Crippen LogP contribution in [0.3, 0.4) is 0 Å². The Morgan fingerprint density at radius 1 is 1.23 bits per heavy atom. The summed E-state index contributed by atoms with van der Waals surface area (Å²) in [4.78, 5) is 10.3. The van der Waals surface area contributed by atoms with E-state index in [9.17, 15) is 24.2 Å². The summed E-state index contributed by atoms with van der Waals surface area (Å²) in [7, 11) is -8.36. The quantitative estimate of drug-likeness (QED) is 0.545. The van der Waals surface area contributed by atoms with E-state index in [0.29, 0.717) is 0 Å². The minimum atomic E-state index is -9.33. The van der Waals surface area contributed by atoms with Gasteiger partial charge in [0.15, 0.2) is 0 Å². The Morgan fingerprint density at radius 3 is 2.00 bits per heavy atom. The number of carbonyl (C=O) groups is 1. The molecule has 0 amide bonds. The lowest BCUT2D eigenvalue weighted by Gasteiger charge is -2.40. The van der Waals surface area contributed by atoms with E-state index in [1.54, 1.807) is 0 Å². The molecular weight excluding hydrogens is 219 g/mol. The first-order chi connectivity index (χ1) is 5.43. The first-order valence-electron chi connectivity index (χ1n) is 3.23. The summed E-state index contributed by atoms with van der Waals surface area (Å²) in [6.07, 6.45) is -1.59. The van der Waals surface area contributed by atoms with Gasteiger partial charge in [0.05, 0.1) is 12.9 Å². The Labute approximate surface area is 71.8 Å². The molecule has 0 aliphatic rings. The molecule has 82 valence electrons. The van der Waals surface area contributed by atoms with E-state index in [1.165, 1.54) is 0 Å². The zero-order valence-corrected chi connectivity index (χ0v) is 7.55. The summed E-state index contributed by atoms with van der Waals surface area (Å²) in [5.74, 6) is -3.14. The van der Waals surface area contributed by atoms with Crippen molar-refractivity contribution in [2.45, 2.75) is 12.8 Å². The third kappa shape index (κ3) is 9.38. The Bertz CT molecular complexity index is 206. The van der Waals surface area contributed by atoms with Gasteiger partial charge in [0.2, 0.25) is 0 Å². The lowest BCUT2D eigenvalue weighted by atomic mass is 10.3. The van der Waals surface area contributed by atoms with Crippen molar-refractivity contribution >= 4 is 16.2 Å². The minimum absolute atomic E-state index is 0.651. The Morgan fingerprint density at radius 2 is 1.69 bits per heavy atom. The summed E-state index contributed by atoms with van der Waals surface area (Å²) in [5, 5.41) is 0. The van der Waals surface area contributed by atoms with Gasteiger partial charge in [-0.15, -0.1) is 0 Å². The van der Waals surface area contributed by atoms with Crippen LogP contribution in [0.5, 0.6) is 0 Å². The van der Waals surface area contributed by atoms with Crippen LogP contribution < -0.4 is 0 Å². The van der Waals surface area contributed by atoms with Crippen molar-refractivity contribution in [3.05, 3.63) is 0 Å². The molecule has 8 heteroatoms. The third-order valence-electron chi connectivity index (χ3n) is 1.14. The van der Waals surface area contributed by atoms with Crippen molar-refractivity contribution in [2.24, 2.45) is 0 Å². The van der Waals surface area contributed by atoms with Gasteiger partial charge in [0.25, 0.3) is 10.2 Å². The fraction of sp³-hybridized carbons (Fsp3) is 0.800. The van der Waals surface area contributed by atoms with Crippen molar-refractivity contribution in [1.82, 2.24) is 0 Å². The first-order valence-corrected chi connectivity index (χ1v) is 5.35. The first kappa shape index (κ1) is 12.5. The van der Waals surface area contributed by atoms with Gasteiger partial charge in [0, 0.05) is 6.42 Å². The highest BCUT2D eigenvalue weighted by Crippen LogP contribution is 2.97. The van der Waals surface area contributed by atoms with Crippen molar-refractivity contribution in [1.29, 1.82) is 0 Å². The largest absolute Gasteiger partial charge is 0.469 e. The maximum Gasteiger partial charge on any atom is 0.305 e. The van der Waals surface area contributed by atoms with Crippen LogP contribution in [0.15, 0.2) is 0 Å². The summed E-state index contributed by atoms with van der Waals surface area (Å²) in [6.45, 7) is 0. The van der Waals surface area contributed by atoms with E-state index in [1.807, 2.05) is 0 Å². The maximum atomic E-state index is 11.6. The average molecular weight is 228 g/mol. The fourth-order valence-corrected chi connectivity index (χ4v) is 1.28. The molecule has 0 aromatic carbocycles. The van der Waals surface area contributed by atoms with Gasteiger partial charge < -0.3 is 4.74 Å². The summed E-state index contributed by atoms with van der Waals surface area (Å²) < 4.78 is 62.1. The van der Waals surface area contributed by atoms with Gasteiger partial charge in [0.1, 0.15) is 0 Å². The van der Waals surface area contributed by atoms with Gasteiger partial charge >= 0.3 is 5.97 Å². The number of hydrogen-bond donors (Lipinski definition) is 0. The van der Waals surface area contributed by atoms with E-state index in [-0.39, 0.29) is 0 Å². The highest BCUT2D eigenvalue weighted by molar-refractivity contribution is 8.45. The topological polar surface area (TPSA) is 26.3 Å². The number of carbonyl (C=O) groups excluding carboxylic acids is 1. The van der Waals surface area contributed by atoms with Crippen molar-refractivity contribution in [3.63, 3.8) is 0 Å². The molecule has 0 rings (SSSR count). The van der Waals surface area contributed by atoms with Gasteiger partial charge in [-0.1, -0.05) is 19.4 Å². The molecule has 0 spiro atoms. The second kappa shape index (κ2) is 2.73. The lowest BCUT2D eigenvalue weighted by Crippen LogP contribution is -2.12. The van der Waals surface area contributed by atoms with E-state index in [4.69, 9.17) is 0 Å². The van der Waals surface area contributed by atoms with Crippen molar-refractivity contribution in [2.75, 3.05) is 12.9 Å². The lowest BCUT2D eigenvalue weighted by molar-refractivity contribution is -0.140. The Kier molecular flexibility index (Phi) is 2.62. The predicted molar refractivity (Wildman–Crippen MR) is 39.2 cm³/mol. The van der Waals surface area contributed by atoms with Crippen LogP contribution in [0.1, 0.15) is 12.8 Å². The molecule has 13 heavy (non-hydrogen) atoms. The van der Waals surface area contributed by atoms with Gasteiger partial charge in [-0.25, -0.2) is 0 Å². The average Bonchev–Trinajstić information content (AvgIpc) is 1.81. The third-order valence-corrected chi connectivity index (χ3v) is 2.20. The van der Waals surface area contributed by atoms with Crippen molar-refractivity contribution < 1.29 is 29.0 Å². The van der Waals surface area contributed by atoms with Crippen LogP contribution >= 0.6 is 10.2 Å². The summed E-state index contributed by atoms with van der Waals surface area (Å²) >= 11 is 0. The molecule has 0 N–H and O–H groups in total. The van der Waals surface area contributed by atoms with Gasteiger partial charge in [-0.2, -0.15) is 0 Å². The Hall–Kier alpha value is -0.530. The highest BCUT2D eigenvalue weighted by Gasteiger charge is 2.62. The molecular formula is C5H9F5O2S. The predicted octanol–water partition coefficient (Wildman–Crippen LogP) is 3.24. The number of esters is 1. The molecule has 0 bridgehead atoms. The van der Waals surface area contributed by atoms with Crippen molar-refractivity contribution in [3.8, 4) is 0 Å². The molecule has 0 atom stereocenters. The molecule has 0 radical (unpaired) electrons. The maximum absolute atomic E-state index is 11.6. The molecule has 0 unspecified atom stereocenters.